The number of methoxy groups -OCH3 is 3. The quantitative estimate of drug-likeness (QED) is 0.662. The summed E-state index contributed by atoms with van der Waals surface area (Å²) in [6, 6.07) is 2.87. The normalized spacial score (nSPS) is 8.40. The highest BCUT2D eigenvalue weighted by molar-refractivity contribution is 5.95. The predicted octanol–water partition coefficient (Wildman–Crippen LogP) is 1.22. The summed E-state index contributed by atoms with van der Waals surface area (Å²) in [4.78, 5) is 21.3. The Labute approximate surface area is 117 Å². The Morgan fingerprint density at radius 1 is 1.20 bits per heavy atom. The first-order valence-electron chi connectivity index (χ1n) is 5.40. The highest BCUT2D eigenvalue weighted by atomic mass is 16.5. The molecule has 1 rings (SSSR count). The number of carboxylic acid groups (broad SMARTS) is 1. The van der Waals surface area contributed by atoms with Crippen molar-refractivity contribution in [2.24, 2.45) is 0 Å². The van der Waals surface area contributed by atoms with E-state index in [4.69, 9.17) is 14.6 Å². The first-order valence-corrected chi connectivity index (χ1v) is 5.40. The van der Waals surface area contributed by atoms with Crippen LogP contribution in [-0.4, -0.2) is 45.8 Å². The summed E-state index contributed by atoms with van der Waals surface area (Å²) in [7, 11) is 6.03. The van der Waals surface area contributed by atoms with Gasteiger partial charge in [0.2, 0.25) is 0 Å². The van der Waals surface area contributed by atoms with Crippen molar-refractivity contribution in [1.82, 2.24) is 0 Å². The van der Waals surface area contributed by atoms with Crippen LogP contribution in [0, 0.1) is 11.8 Å². The SMILES string of the molecule is COC.COc1cc(C#CC=O)c(C(=O)O)c(OC)c1. The molecule has 0 atom stereocenters. The van der Waals surface area contributed by atoms with Crippen LogP contribution in [0.1, 0.15) is 15.9 Å². The van der Waals surface area contributed by atoms with Crippen molar-refractivity contribution in [2.45, 2.75) is 0 Å². The van der Waals surface area contributed by atoms with Gasteiger partial charge in [0, 0.05) is 25.8 Å². The van der Waals surface area contributed by atoms with Gasteiger partial charge in [0.15, 0.2) is 6.29 Å². The van der Waals surface area contributed by atoms with Gasteiger partial charge in [-0.05, 0) is 12.0 Å². The van der Waals surface area contributed by atoms with Crippen LogP contribution < -0.4 is 9.47 Å². The number of hydrogen-bond acceptors (Lipinski definition) is 5. The highest BCUT2D eigenvalue weighted by Crippen LogP contribution is 2.28. The van der Waals surface area contributed by atoms with Crippen molar-refractivity contribution in [2.75, 3.05) is 28.4 Å². The van der Waals surface area contributed by atoms with Gasteiger partial charge in [0.25, 0.3) is 0 Å². The molecule has 0 unspecified atom stereocenters. The monoisotopic (exact) mass is 280 g/mol. The van der Waals surface area contributed by atoms with Crippen molar-refractivity contribution in [3.63, 3.8) is 0 Å². The van der Waals surface area contributed by atoms with Crippen LogP contribution in [-0.2, 0) is 9.53 Å². The lowest BCUT2D eigenvalue weighted by molar-refractivity contribution is -0.103. The molecule has 0 aromatic heterocycles. The lowest BCUT2D eigenvalue weighted by atomic mass is 10.1. The summed E-state index contributed by atoms with van der Waals surface area (Å²) in [6.45, 7) is 0. The third kappa shape index (κ3) is 5.00. The van der Waals surface area contributed by atoms with Crippen LogP contribution in [0.2, 0.25) is 0 Å². The van der Waals surface area contributed by atoms with Gasteiger partial charge in [-0.3, -0.25) is 4.79 Å². The Morgan fingerprint density at radius 2 is 1.80 bits per heavy atom. The van der Waals surface area contributed by atoms with E-state index in [0.29, 0.717) is 12.0 Å². The second kappa shape index (κ2) is 9.42. The van der Waals surface area contributed by atoms with Crippen molar-refractivity contribution in [3.05, 3.63) is 23.3 Å². The van der Waals surface area contributed by atoms with E-state index in [9.17, 15) is 9.59 Å². The molecular weight excluding hydrogens is 264 g/mol. The molecule has 1 aromatic carbocycles. The molecule has 6 nitrogen and oxygen atoms in total. The summed E-state index contributed by atoms with van der Waals surface area (Å²) in [5, 5.41) is 9.06. The summed E-state index contributed by atoms with van der Waals surface area (Å²) < 4.78 is 14.2. The van der Waals surface area contributed by atoms with E-state index >= 15 is 0 Å². The minimum Gasteiger partial charge on any atom is -0.497 e. The lowest BCUT2D eigenvalue weighted by Crippen LogP contribution is -2.04. The largest absolute Gasteiger partial charge is 0.497 e. The Morgan fingerprint density at radius 3 is 2.20 bits per heavy atom. The molecule has 0 fully saturated rings. The third-order valence-corrected chi connectivity index (χ3v) is 2.01. The molecule has 0 amide bonds. The molecule has 0 radical (unpaired) electrons. The molecule has 0 aliphatic rings. The number of hydrogen-bond donors (Lipinski definition) is 1. The van der Waals surface area contributed by atoms with E-state index in [1.807, 2.05) is 0 Å². The standard InChI is InChI=1S/C12H10O5.C2H6O/c1-16-9-6-8(4-3-5-13)11(12(14)15)10(7-9)17-2;1-3-2/h5-7H,1-2H3,(H,14,15);1-2H3. The molecule has 0 saturated heterocycles. The van der Waals surface area contributed by atoms with Crippen LogP contribution >= 0.6 is 0 Å². The summed E-state index contributed by atoms with van der Waals surface area (Å²) in [6.07, 6.45) is 0.386. The zero-order valence-corrected chi connectivity index (χ0v) is 11.7. The maximum Gasteiger partial charge on any atom is 0.340 e. The first kappa shape index (κ1) is 17.5. The number of carboxylic acids is 1. The van der Waals surface area contributed by atoms with Crippen molar-refractivity contribution in [3.8, 4) is 23.3 Å². The number of benzene rings is 1. The molecule has 20 heavy (non-hydrogen) atoms. The average Bonchev–Trinajstić information content (AvgIpc) is 2.44. The second-order valence-electron chi connectivity index (χ2n) is 3.35. The molecule has 0 heterocycles. The maximum absolute atomic E-state index is 11.1. The molecule has 0 bridgehead atoms. The van der Waals surface area contributed by atoms with Crippen molar-refractivity contribution < 1.29 is 28.9 Å². The van der Waals surface area contributed by atoms with Crippen LogP contribution in [0.25, 0.3) is 0 Å². The maximum atomic E-state index is 11.1. The molecule has 1 N–H and O–H groups in total. The number of ether oxygens (including phenoxy) is 3. The van der Waals surface area contributed by atoms with Gasteiger partial charge < -0.3 is 19.3 Å². The van der Waals surface area contributed by atoms with Crippen LogP contribution in [0.3, 0.4) is 0 Å². The van der Waals surface area contributed by atoms with Gasteiger partial charge in [-0.25, -0.2) is 4.79 Å². The number of carbonyl (C=O) groups is 2. The fourth-order valence-electron chi connectivity index (χ4n) is 1.30. The van der Waals surface area contributed by atoms with Crippen LogP contribution in [0.15, 0.2) is 12.1 Å². The third-order valence-electron chi connectivity index (χ3n) is 2.01. The van der Waals surface area contributed by atoms with Crippen molar-refractivity contribution in [1.29, 1.82) is 0 Å². The molecule has 1 aromatic rings. The molecule has 0 aliphatic carbocycles. The van der Waals surface area contributed by atoms with Gasteiger partial charge in [-0.15, -0.1) is 0 Å². The number of aromatic carboxylic acids is 1. The predicted molar refractivity (Wildman–Crippen MR) is 72.4 cm³/mol. The minimum atomic E-state index is -1.18. The number of aldehydes is 1. The van der Waals surface area contributed by atoms with Gasteiger partial charge in [0.05, 0.1) is 14.2 Å². The summed E-state index contributed by atoms with van der Waals surface area (Å²) >= 11 is 0. The smallest absolute Gasteiger partial charge is 0.340 e. The van der Waals surface area contributed by atoms with Crippen LogP contribution in [0.4, 0.5) is 0 Å². The van der Waals surface area contributed by atoms with E-state index in [2.05, 4.69) is 16.6 Å². The Bertz CT molecular complexity index is 524. The van der Waals surface area contributed by atoms with E-state index in [1.54, 1.807) is 14.2 Å². The second-order valence-corrected chi connectivity index (χ2v) is 3.35. The zero-order valence-electron chi connectivity index (χ0n) is 11.7. The summed E-state index contributed by atoms with van der Waals surface area (Å²) in [5.41, 5.74) is 0.0726. The number of carbonyl (C=O) groups excluding carboxylic acids is 1. The number of rotatable bonds is 3. The van der Waals surface area contributed by atoms with Gasteiger partial charge in [-0.1, -0.05) is 5.92 Å². The molecule has 0 aliphatic heterocycles. The molecule has 0 spiro atoms. The fourth-order valence-corrected chi connectivity index (χ4v) is 1.30. The molecule has 0 saturated carbocycles. The minimum absolute atomic E-state index is 0.0948. The Hall–Kier alpha value is -2.52. The van der Waals surface area contributed by atoms with Gasteiger partial charge in [0.1, 0.15) is 17.1 Å². The Balaban J connectivity index is 0.00000110. The topological polar surface area (TPSA) is 82.1 Å². The van der Waals surface area contributed by atoms with Gasteiger partial charge >= 0.3 is 5.97 Å². The average molecular weight is 280 g/mol. The Kier molecular flexibility index (Phi) is 8.23. The fraction of sp³-hybridized carbons (Fsp3) is 0.286. The first-order chi connectivity index (χ1) is 9.55. The van der Waals surface area contributed by atoms with E-state index in [1.165, 1.54) is 26.4 Å². The highest BCUT2D eigenvalue weighted by Gasteiger charge is 2.17. The molecule has 108 valence electrons. The van der Waals surface area contributed by atoms with E-state index in [0.717, 1.165) is 0 Å². The van der Waals surface area contributed by atoms with Crippen LogP contribution in [0.5, 0.6) is 11.5 Å². The zero-order chi connectivity index (χ0) is 15.5. The molecular formula is C14H16O6. The van der Waals surface area contributed by atoms with E-state index < -0.39 is 5.97 Å². The summed E-state index contributed by atoms with van der Waals surface area (Å²) in [5.74, 6) is 3.95. The molecule has 6 heteroatoms. The van der Waals surface area contributed by atoms with Crippen molar-refractivity contribution >= 4 is 12.3 Å². The lowest BCUT2D eigenvalue weighted by Gasteiger charge is -2.09. The van der Waals surface area contributed by atoms with Gasteiger partial charge in [-0.2, -0.15) is 0 Å². The van der Waals surface area contributed by atoms with E-state index in [-0.39, 0.29) is 16.9 Å².